The number of pyridine rings is 1. The summed E-state index contributed by atoms with van der Waals surface area (Å²) in [5.74, 6) is 0. The predicted octanol–water partition coefficient (Wildman–Crippen LogP) is 0.692. The zero-order chi connectivity index (χ0) is 9.90. The number of nitrogens with one attached hydrogen (secondary N) is 1. The van der Waals surface area contributed by atoms with Crippen molar-refractivity contribution >= 4 is 10.0 Å². The van der Waals surface area contributed by atoms with Crippen LogP contribution in [0.5, 0.6) is 0 Å². The molecular weight excluding hydrogens is 188 g/mol. The zero-order valence-electron chi connectivity index (χ0n) is 7.56. The summed E-state index contributed by atoms with van der Waals surface area (Å²) in [6.45, 7) is 1.61. The average molecular weight is 200 g/mol. The van der Waals surface area contributed by atoms with Gasteiger partial charge in [-0.3, -0.25) is 4.98 Å². The minimum atomic E-state index is -3.26. The molecule has 72 valence electrons. The van der Waals surface area contributed by atoms with Gasteiger partial charge in [0.25, 0.3) is 0 Å². The summed E-state index contributed by atoms with van der Waals surface area (Å²) in [5, 5.41) is -0.612. The predicted molar refractivity (Wildman–Crippen MR) is 50.6 cm³/mol. The molecule has 0 amide bonds. The maximum Gasteiger partial charge on any atom is 0.219 e. The molecule has 5 heteroatoms. The Morgan fingerprint density at radius 2 is 2.15 bits per heavy atom. The number of sulfonamides is 1. The fraction of sp³-hybridized carbons (Fsp3) is 0.375. The summed E-state index contributed by atoms with van der Waals surface area (Å²) in [5.41, 5.74) is 0.553. The van der Waals surface area contributed by atoms with E-state index in [4.69, 9.17) is 0 Å². The molecule has 1 N–H and O–H groups in total. The van der Waals surface area contributed by atoms with Gasteiger partial charge in [0.15, 0.2) is 0 Å². The van der Waals surface area contributed by atoms with Gasteiger partial charge in [0, 0.05) is 6.20 Å². The third-order valence-electron chi connectivity index (χ3n) is 1.85. The lowest BCUT2D eigenvalue weighted by Gasteiger charge is -2.10. The van der Waals surface area contributed by atoms with Crippen LogP contribution in [0.15, 0.2) is 24.4 Å². The third-order valence-corrected chi connectivity index (χ3v) is 3.60. The van der Waals surface area contributed by atoms with E-state index >= 15 is 0 Å². The van der Waals surface area contributed by atoms with E-state index < -0.39 is 15.3 Å². The Hall–Kier alpha value is -0.940. The van der Waals surface area contributed by atoms with E-state index in [2.05, 4.69) is 9.71 Å². The topological polar surface area (TPSA) is 59.1 Å². The van der Waals surface area contributed by atoms with E-state index in [9.17, 15) is 8.42 Å². The van der Waals surface area contributed by atoms with E-state index in [-0.39, 0.29) is 0 Å². The summed E-state index contributed by atoms with van der Waals surface area (Å²) in [7, 11) is -1.87. The lowest BCUT2D eigenvalue weighted by atomic mass is 10.3. The summed E-state index contributed by atoms with van der Waals surface area (Å²) in [6, 6.07) is 5.21. The fourth-order valence-corrected chi connectivity index (χ4v) is 1.76. The van der Waals surface area contributed by atoms with Crippen LogP contribution in [0.25, 0.3) is 0 Å². The number of hydrogen-bond acceptors (Lipinski definition) is 3. The van der Waals surface area contributed by atoms with Gasteiger partial charge in [-0.15, -0.1) is 0 Å². The molecule has 1 aromatic heterocycles. The van der Waals surface area contributed by atoms with Gasteiger partial charge >= 0.3 is 0 Å². The van der Waals surface area contributed by atoms with Crippen LogP contribution in [0.4, 0.5) is 0 Å². The Labute approximate surface area is 78.1 Å². The van der Waals surface area contributed by atoms with Crippen LogP contribution in [0.3, 0.4) is 0 Å². The van der Waals surface area contributed by atoms with Gasteiger partial charge in [-0.25, -0.2) is 13.1 Å². The van der Waals surface area contributed by atoms with Crippen LogP contribution in [-0.2, 0) is 10.0 Å². The van der Waals surface area contributed by atoms with Gasteiger partial charge in [0.05, 0.1) is 5.69 Å². The molecule has 4 nitrogen and oxygen atoms in total. The molecule has 0 radical (unpaired) electrons. The first-order valence-electron chi connectivity index (χ1n) is 3.91. The monoisotopic (exact) mass is 200 g/mol. The molecule has 1 rings (SSSR count). The third kappa shape index (κ3) is 2.26. The Balaban J connectivity index is 2.99. The molecular formula is C8H12N2O2S. The van der Waals surface area contributed by atoms with Crippen molar-refractivity contribution in [2.45, 2.75) is 12.2 Å². The summed E-state index contributed by atoms with van der Waals surface area (Å²) < 4.78 is 25.0. The molecule has 0 spiro atoms. The van der Waals surface area contributed by atoms with Crippen LogP contribution < -0.4 is 4.72 Å². The Bertz CT molecular complexity index is 361. The van der Waals surface area contributed by atoms with Crippen molar-refractivity contribution in [2.24, 2.45) is 0 Å². The Morgan fingerprint density at radius 3 is 2.62 bits per heavy atom. The molecule has 0 saturated carbocycles. The molecule has 1 aromatic rings. The van der Waals surface area contributed by atoms with Crippen molar-refractivity contribution in [3.63, 3.8) is 0 Å². The van der Waals surface area contributed by atoms with Crippen molar-refractivity contribution in [3.05, 3.63) is 30.1 Å². The first-order valence-corrected chi connectivity index (χ1v) is 5.46. The van der Waals surface area contributed by atoms with Gasteiger partial charge in [-0.2, -0.15) is 0 Å². The highest BCUT2D eigenvalue weighted by molar-refractivity contribution is 7.89. The maximum absolute atomic E-state index is 11.3. The number of hydrogen-bond donors (Lipinski definition) is 1. The molecule has 1 atom stereocenters. The molecule has 0 saturated heterocycles. The molecule has 1 heterocycles. The highest BCUT2D eigenvalue weighted by atomic mass is 32.2. The molecule has 13 heavy (non-hydrogen) atoms. The van der Waals surface area contributed by atoms with Crippen LogP contribution in [-0.4, -0.2) is 20.4 Å². The quantitative estimate of drug-likeness (QED) is 0.781. The van der Waals surface area contributed by atoms with Gasteiger partial charge < -0.3 is 0 Å². The molecule has 0 aliphatic carbocycles. The SMILES string of the molecule is CNS(=O)(=O)C(C)c1ccccn1. The average Bonchev–Trinajstić information content (AvgIpc) is 2.18. The van der Waals surface area contributed by atoms with E-state index in [0.717, 1.165) is 0 Å². The first-order chi connectivity index (χ1) is 6.08. The second kappa shape index (κ2) is 3.85. The minimum Gasteiger partial charge on any atom is -0.260 e. The van der Waals surface area contributed by atoms with E-state index in [0.29, 0.717) is 5.69 Å². The zero-order valence-corrected chi connectivity index (χ0v) is 8.38. The van der Waals surface area contributed by atoms with Gasteiger partial charge in [0.1, 0.15) is 5.25 Å². The van der Waals surface area contributed by atoms with Gasteiger partial charge in [-0.1, -0.05) is 6.07 Å². The standard InChI is InChI=1S/C8H12N2O2S/c1-7(13(11,12)9-2)8-5-3-4-6-10-8/h3-7,9H,1-2H3. The molecule has 0 bridgehead atoms. The van der Waals surface area contributed by atoms with Crippen molar-refractivity contribution in [3.8, 4) is 0 Å². The highest BCUT2D eigenvalue weighted by Crippen LogP contribution is 2.17. The Morgan fingerprint density at radius 1 is 1.46 bits per heavy atom. The maximum atomic E-state index is 11.3. The molecule has 0 aromatic carbocycles. The second-order valence-electron chi connectivity index (χ2n) is 2.65. The molecule has 0 aliphatic rings. The second-order valence-corrected chi connectivity index (χ2v) is 4.85. The summed E-state index contributed by atoms with van der Waals surface area (Å²) >= 11 is 0. The Kier molecular flexibility index (Phi) is 3.00. The smallest absolute Gasteiger partial charge is 0.219 e. The minimum absolute atomic E-state index is 0.553. The lowest BCUT2D eigenvalue weighted by Crippen LogP contribution is -2.24. The molecule has 1 unspecified atom stereocenters. The summed E-state index contributed by atoms with van der Waals surface area (Å²) in [4.78, 5) is 3.97. The van der Waals surface area contributed by atoms with Crippen molar-refractivity contribution in [1.29, 1.82) is 0 Å². The molecule has 0 aliphatic heterocycles. The van der Waals surface area contributed by atoms with Crippen LogP contribution in [0.2, 0.25) is 0 Å². The van der Waals surface area contributed by atoms with Crippen LogP contribution in [0, 0.1) is 0 Å². The van der Waals surface area contributed by atoms with Crippen LogP contribution >= 0.6 is 0 Å². The number of nitrogens with zero attached hydrogens (tertiary/aromatic N) is 1. The first kappa shape index (κ1) is 10.1. The van der Waals surface area contributed by atoms with E-state index in [1.165, 1.54) is 7.05 Å². The normalized spacial score (nSPS) is 14.0. The van der Waals surface area contributed by atoms with Crippen molar-refractivity contribution in [2.75, 3.05) is 7.05 Å². The highest BCUT2D eigenvalue weighted by Gasteiger charge is 2.20. The molecule has 0 fully saturated rings. The largest absolute Gasteiger partial charge is 0.260 e. The van der Waals surface area contributed by atoms with Crippen molar-refractivity contribution in [1.82, 2.24) is 9.71 Å². The van der Waals surface area contributed by atoms with Gasteiger partial charge in [0.2, 0.25) is 10.0 Å². The van der Waals surface area contributed by atoms with Crippen LogP contribution in [0.1, 0.15) is 17.9 Å². The fourth-order valence-electron chi connectivity index (χ4n) is 0.952. The van der Waals surface area contributed by atoms with E-state index in [1.54, 1.807) is 31.3 Å². The number of rotatable bonds is 3. The van der Waals surface area contributed by atoms with E-state index in [1.807, 2.05) is 0 Å². The van der Waals surface area contributed by atoms with Gasteiger partial charge in [-0.05, 0) is 26.1 Å². The van der Waals surface area contributed by atoms with Crippen molar-refractivity contribution < 1.29 is 8.42 Å². The summed E-state index contributed by atoms with van der Waals surface area (Å²) in [6.07, 6.45) is 1.58. The number of aromatic nitrogens is 1. The lowest BCUT2D eigenvalue weighted by molar-refractivity contribution is 0.576.